The van der Waals surface area contributed by atoms with Gasteiger partial charge in [0.15, 0.2) is 0 Å². The van der Waals surface area contributed by atoms with Crippen molar-refractivity contribution < 1.29 is 4.79 Å². The Hall–Kier alpha value is -0.850. The molecule has 1 nitrogen and oxygen atoms in total. The van der Waals surface area contributed by atoms with Crippen LogP contribution in [0.1, 0.15) is 33.6 Å². The highest BCUT2D eigenvalue weighted by molar-refractivity contribution is 5.77. The van der Waals surface area contributed by atoms with Crippen molar-refractivity contribution in [2.75, 3.05) is 0 Å². The fourth-order valence-corrected chi connectivity index (χ4v) is 0.855. The van der Waals surface area contributed by atoms with Gasteiger partial charge in [-0.1, -0.05) is 24.6 Å². The molecule has 0 aromatic carbocycles. The predicted octanol–water partition coefficient (Wildman–Crippen LogP) is 3.12. The molecule has 12 heavy (non-hydrogen) atoms. The molecule has 0 N–H and O–H groups in total. The third kappa shape index (κ3) is 4.89. The van der Waals surface area contributed by atoms with Crippen LogP contribution in [0.3, 0.4) is 0 Å². The van der Waals surface area contributed by atoms with Crippen LogP contribution in [0.5, 0.6) is 0 Å². The molecule has 0 fully saturated rings. The molecule has 0 saturated carbocycles. The van der Waals surface area contributed by atoms with Gasteiger partial charge in [0.2, 0.25) is 0 Å². The first kappa shape index (κ1) is 11.2. The van der Waals surface area contributed by atoms with Gasteiger partial charge in [0, 0.05) is 5.92 Å². The summed E-state index contributed by atoms with van der Waals surface area (Å²) >= 11 is 0. The molecule has 0 aliphatic carbocycles. The lowest BCUT2D eigenvalue weighted by Crippen LogP contribution is -2.04. The summed E-state index contributed by atoms with van der Waals surface area (Å²) in [6.07, 6.45) is 5.78. The van der Waals surface area contributed by atoms with Crippen LogP contribution in [0, 0.1) is 5.92 Å². The highest BCUT2D eigenvalue weighted by Gasteiger charge is 2.04. The van der Waals surface area contributed by atoms with Crippen molar-refractivity contribution in [2.24, 2.45) is 5.92 Å². The summed E-state index contributed by atoms with van der Waals surface area (Å²) in [5, 5.41) is 0. The van der Waals surface area contributed by atoms with Gasteiger partial charge in [-0.25, -0.2) is 0 Å². The van der Waals surface area contributed by atoms with Gasteiger partial charge < -0.3 is 0 Å². The van der Waals surface area contributed by atoms with Crippen LogP contribution in [0.25, 0.3) is 0 Å². The topological polar surface area (TPSA) is 17.1 Å². The van der Waals surface area contributed by atoms with Gasteiger partial charge in [0.05, 0.1) is 0 Å². The van der Waals surface area contributed by atoms with Crippen molar-refractivity contribution in [3.05, 3.63) is 24.3 Å². The zero-order chi connectivity index (χ0) is 9.56. The highest BCUT2D eigenvalue weighted by atomic mass is 16.1. The molecule has 0 spiro atoms. The lowest BCUT2D eigenvalue weighted by molar-refractivity contribution is -0.120. The van der Waals surface area contributed by atoms with Crippen molar-refractivity contribution in [3.63, 3.8) is 0 Å². The van der Waals surface area contributed by atoms with E-state index in [2.05, 4.69) is 19.6 Å². The lowest BCUT2D eigenvalue weighted by atomic mass is 10.0. The van der Waals surface area contributed by atoms with E-state index in [9.17, 15) is 4.79 Å². The van der Waals surface area contributed by atoms with Crippen LogP contribution in [0.4, 0.5) is 0 Å². The van der Waals surface area contributed by atoms with Crippen molar-refractivity contribution in [1.29, 1.82) is 0 Å². The Balaban J connectivity index is 3.86. The largest absolute Gasteiger partial charge is 0.300 e. The number of Topliss-reactive ketones (excluding diaryl/α,β-unsaturated/α-hetero) is 1. The van der Waals surface area contributed by atoms with Crippen molar-refractivity contribution in [3.8, 4) is 0 Å². The number of allylic oxidation sites excluding steroid dienone is 3. The van der Waals surface area contributed by atoms with E-state index in [0.717, 1.165) is 12.8 Å². The minimum Gasteiger partial charge on any atom is -0.300 e. The van der Waals surface area contributed by atoms with E-state index in [1.165, 1.54) is 5.57 Å². The molecule has 0 aliphatic heterocycles. The number of carbonyl (C=O) groups excluding carboxylic acids is 1. The molecule has 0 heterocycles. The van der Waals surface area contributed by atoms with Crippen molar-refractivity contribution in [2.45, 2.75) is 33.6 Å². The number of hydrogen-bond donors (Lipinski definition) is 0. The predicted molar refractivity (Wildman–Crippen MR) is 53.0 cm³/mol. The highest BCUT2D eigenvalue weighted by Crippen LogP contribution is 2.08. The summed E-state index contributed by atoms with van der Waals surface area (Å²) < 4.78 is 0. The average molecular weight is 166 g/mol. The van der Waals surface area contributed by atoms with Crippen LogP contribution < -0.4 is 0 Å². The molecule has 0 bridgehead atoms. The normalized spacial score (nSPS) is 14.1. The third-order valence-corrected chi connectivity index (χ3v) is 1.98. The lowest BCUT2D eigenvalue weighted by Gasteiger charge is -2.03. The molecule has 0 aromatic heterocycles. The molecule has 0 unspecified atom stereocenters. The molecule has 68 valence electrons. The second-order valence-corrected chi connectivity index (χ2v) is 3.29. The maximum Gasteiger partial charge on any atom is 0.132 e. The summed E-state index contributed by atoms with van der Waals surface area (Å²) in [4.78, 5) is 10.9. The zero-order valence-electron chi connectivity index (χ0n) is 8.26. The number of rotatable bonds is 5. The van der Waals surface area contributed by atoms with E-state index in [1.807, 2.05) is 13.0 Å². The Morgan fingerprint density at radius 3 is 2.50 bits per heavy atom. The third-order valence-electron chi connectivity index (χ3n) is 1.98. The van der Waals surface area contributed by atoms with Crippen LogP contribution in [0.15, 0.2) is 24.3 Å². The van der Waals surface area contributed by atoms with Gasteiger partial charge >= 0.3 is 0 Å². The van der Waals surface area contributed by atoms with Gasteiger partial charge in [0.1, 0.15) is 5.78 Å². The van der Waals surface area contributed by atoms with Crippen molar-refractivity contribution >= 4 is 5.78 Å². The summed E-state index contributed by atoms with van der Waals surface area (Å²) in [5.41, 5.74) is 1.29. The Bertz CT molecular complexity index is 189. The van der Waals surface area contributed by atoms with Crippen LogP contribution in [-0.4, -0.2) is 5.78 Å². The summed E-state index contributed by atoms with van der Waals surface area (Å²) in [6.45, 7) is 9.32. The Morgan fingerprint density at radius 1 is 1.50 bits per heavy atom. The fraction of sp³-hybridized carbons (Fsp3) is 0.545. The average Bonchev–Trinajstić information content (AvgIpc) is 2.00. The molecule has 0 aliphatic rings. The minimum atomic E-state index is 0.157. The molecular formula is C11H18O. The van der Waals surface area contributed by atoms with E-state index >= 15 is 0 Å². The van der Waals surface area contributed by atoms with E-state index in [4.69, 9.17) is 0 Å². The summed E-state index contributed by atoms with van der Waals surface area (Å²) in [7, 11) is 0. The van der Waals surface area contributed by atoms with E-state index in [1.54, 1.807) is 6.92 Å². The molecule has 0 amide bonds. The number of carbonyl (C=O) groups is 1. The summed E-state index contributed by atoms with van der Waals surface area (Å²) in [5.74, 6) is 0.419. The monoisotopic (exact) mass is 166 g/mol. The van der Waals surface area contributed by atoms with E-state index in [-0.39, 0.29) is 11.7 Å². The van der Waals surface area contributed by atoms with Gasteiger partial charge in [-0.05, 0) is 26.7 Å². The van der Waals surface area contributed by atoms with E-state index in [0.29, 0.717) is 0 Å². The Morgan fingerprint density at radius 2 is 2.08 bits per heavy atom. The van der Waals surface area contributed by atoms with Gasteiger partial charge in [-0.3, -0.25) is 4.79 Å². The summed E-state index contributed by atoms with van der Waals surface area (Å²) in [6, 6.07) is 0. The first-order valence-electron chi connectivity index (χ1n) is 4.35. The first-order chi connectivity index (χ1) is 5.57. The second kappa shape index (κ2) is 5.76. The SMILES string of the molecule is C=CC/C(C)=C\C[C@H](C)C(C)=O. The Labute approximate surface area is 75.2 Å². The number of hydrogen-bond acceptors (Lipinski definition) is 1. The minimum absolute atomic E-state index is 0.157. The van der Waals surface area contributed by atoms with Gasteiger partial charge in [-0.2, -0.15) is 0 Å². The van der Waals surface area contributed by atoms with Gasteiger partial charge in [0.25, 0.3) is 0 Å². The van der Waals surface area contributed by atoms with Crippen LogP contribution >= 0.6 is 0 Å². The first-order valence-corrected chi connectivity index (χ1v) is 4.35. The second-order valence-electron chi connectivity index (χ2n) is 3.29. The smallest absolute Gasteiger partial charge is 0.132 e. The zero-order valence-corrected chi connectivity index (χ0v) is 8.26. The maximum absolute atomic E-state index is 10.9. The fourth-order valence-electron chi connectivity index (χ4n) is 0.855. The Kier molecular flexibility index (Phi) is 5.35. The van der Waals surface area contributed by atoms with Crippen LogP contribution in [0.2, 0.25) is 0 Å². The number of ketones is 1. The molecule has 1 atom stereocenters. The van der Waals surface area contributed by atoms with E-state index < -0.39 is 0 Å². The molecule has 0 rings (SSSR count). The molecule has 1 heteroatoms. The maximum atomic E-state index is 10.9. The quantitative estimate of drug-likeness (QED) is 0.573. The van der Waals surface area contributed by atoms with Crippen molar-refractivity contribution in [1.82, 2.24) is 0 Å². The standard InChI is InChI=1S/C11H18O/c1-5-6-9(2)7-8-10(3)11(4)12/h5,7,10H,1,6,8H2,2-4H3/b9-7-/t10-/m0/s1. The van der Waals surface area contributed by atoms with Gasteiger partial charge in [-0.15, -0.1) is 6.58 Å². The molecule has 0 radical (unpaired) electrons. The molecular weight excluding hydrogens is 148 g/mol. The molecule has 0 aromatic rings. The van der Waals surface area contributed by atoms with Crippen LogP contribution in [-0.2, 0) is 4.79 Å². The molecule has 0 saturated heterocycles.